The molecule has 118 valence electrons. The molecule has 6 heteroatoms. The van der Waals surface area contributed by atoms with Gasteiger partial charge in [-0.15, -0.1) is 5.06 Å². The van der Waals surface area contributed by atoms with E-state index in [1.165, 1.54) is 0 Å². The molecule has 0 fully saturated rings. The average Bonchev–Trinajstić information content (AvgIpc) is 2.76. The number of benzene rings is 1. The van der Waals surface area contributed by atoms with Crippen molar-refractivity contribution >= 4 is 17.8 Å². The lowest BCUT2D eigenvalue weighted by atomic mass is 10.1. The Labute approximate surface area is 129 Å². The smallest absolute Gasteiger partial charge is 0.305 e. The van der Waals surface area contributed by atoms with Crippen LogP contribution in [0.4, 0.5) is 0 Å². The van der Waals surface area contributed by atoms with E-state index in [1.807, 2.05) is 0 Å². The monoisotopic (exact) mass is 305 g/mol. The molecule has 0 N–H and O–H groups in total. The number of fused-ring (bicyclic) bond motifs is 1. The molecule has 0 unspecified atom stereocenters. The molecule has 1 aromatic carbocycles. The first-order valence-electron chi connectivity index (χ1n) is 7.41. The lowest BCUT2D eigenvalue weighted by Gasteiger charge is -2.13. The number of amides is 2. The van der Waals surface area contributed by atoms with Crippen molar-refractivity contribution in [2.75, 3.05) is 13.2 Å². The second-order valence-corrected chi connectivity index (χ2v) is 4.90. The van der Waals surface area contributed by atoms with E-state index >= 15 is 0 Å². The lowest BCUT2D eigenvalue weighted by molar-refractivity contribution is -0.143. The molecule has 0 atom stereocenters. The molecule has 0 saturated heterocycles. The second kappa shape index (κ2) is 7.70. The highest BCUT2D eigenvalue weighted by molar-refractivity contribution is 6.20. The summed E-state index contributed by atoms with van der Waals surface area (Å²) in [6.45, 7) is 2.42. The Balaban J connectivity index is 1.70. The number of ether oxygens (including phenoxy) is 1. The van der Waals surface area contributed by atoms with Crippen molar-refractivity contribution in [1.82, 2.24) is 5.06 Å². The SMILES string of the molecule is CCOC(=O)CCCCCON1C(=O)c2ccccc2C1=O. The van der Waals surface area contributed by atoms with Crippen LogP contribution in [-0.4, -0.2) is 36.1 Å². The van der Waals surface area contributed by atoms with E-state index in [0.717, 1.165) is 11.5 Å². The maximum Gasteiger partial charge on any atom is 0.305 e. The summed E-state index contributed by atoms with van der Waals surface area (Å²) in [7, 11) is 0. The molecule has 0 spiro atoms. The lowest BCUT2D eigenvalue weighted by Crippen LogP contribution is -2.30. The molecule has 6 nitrogen and oxygen atoms in total. The quantitative estimate of drug-likeness (QED) is 0.419. The number of imide groups is 1. The van der Waals surface area contributed by atoms with Gasteiger partial charge in [-0.05, 0) is 31.9 Å². The summed E-state index contributed by atoms with van der Waals surface area (Å²) in [5, 5.41) is 0.815. The Morgan fingerprint density at radius 1 is 1.05 bits per heavy atom. The van der Waals surface area contributed by atoms with Crippen LogP contribution in [0.15, 0.2) is 24.3 Å². The molecule has 1 heterocycles. The number of unbranched alkanes of at least 4 members (excludes halogenated alkanes) is 2. The number of hydroxylamine groups is 2. The van der Waals surface area contributed by atoms with E-state index in [2.05, 4.69) is 0 Å². The number of nitrogens with zero attached hydrogens (tertiary/aromatic N) is 1. The molecule has 0 aromatic heterocycles. The Kier molecular flexibility index (Phi) is 5.66. The maximum atomic E-state index is 12.0. The molecule has 0 radical (unpaired) electrons. The minimum atomic E-state index is -0.424. The van der Waals surface area contributed by atoms with Gasteiger partial charge in [0, 0.05) is 6.42 Å². The molecule has 1 aromatic rings. The van der Waals surface area contributed by atoms with E-state index in [1.54, 1.807) is 31.2 Å². The molecule has 2 rings (SSSR count). The van der Waals surface area contributed by atoms with Crippen molar-refractivity contribution in [3.05, 3.63) is 35.4 Å². The van der Waals surface area contributed by atoms with Crippen molar-refractivity contribution in [2.45, 2.75) is 32.6 Å². The van der Waals surface area contributed by atoms with Gasteiger partial charge in [0.2, 0.25) is 0 Å². The Morgan fingerprint density at radius 3 is 2.27 bits per heavy atom. The molecule has 0 saturated carbocycles. The number of rotatable bonds is 8. The van der Waals surface area contributed by atoms with Gasteiger partial charge in [0.05, 0.1) is 24.3 Å². The highest BCUT2D eigenvalue weighted by atomic mass is 16.7. The number of carbonyl (C=O) groups is 3. The molecule has 22 heavy (non-hydrogen) atoms. The maximum absolute atomic E-state index is 12.0. The van der Waals surface area contributed by atoms with Crippen LogP contribution >= 0.6 is 0 Å². The van der Waals surface area contributed by atoms with Crippen LogP contribution in [0.3, 0.4) is 0 Å². The van der Waals surface area contributed by atoms with Crippen LogP contribution in [0.5, 0.6) is 0 Å². The van der Waals surface area contributed by atoms with E-state index in [-0.39, 0.29) is 12.6 Å². The Hall–Kier alpha value is -2.21. The van der Waals surface area contributed by atoms with Crippen LogP contribution in [0.1, 0.15) is 53.3 Å². The van der Waals surface area contributed by atoms with Crippen molar-refractivity contribution < 1.29 is 24.0 Å². The normalized spacial score (nSPS) is 13.4. The third-order valence-corrected chi connectivity index (χ3v) is 3.31. The zero-order valence-electron chi connectivity index (χ0n) is 12.5. The highest BCUT2D eigenvalue weighted by Crippen LogP contribution is 2.22. The number of hydrogen-bond donors (Lipinski definition) is 0. The second-order valence-electron chi connectivity index (χ2n) is 4.90. The first-order valence-corrected chi connectivity index (χ1v) is 7.41. The average molecular weight is 305 g/mol. The summed E-state index contributed by atoms with van der Waals surface area (Å²) in [5.41, 5.74) is 0.740. The molecule has 1 aliphatic rings. The highest BCUT2D eigenvalue weighted by Gasteiger charge is 2.36. The van der Waals surface area contributed by atoms with Crippen LogP contribution < -0.4 is 0 Å². The Morgan fingerprint density at radius 2 is 1.68 bits per heavy atom. The predicted molar refractivity (Wildman–Crippen MR) is 78.0 cm³/mol. The standard InChI is InChI=1S/C16H19NO5/c1-2-21-14(18)10-4-3-7-11-22-17-15(19)12-8-5-6-9-13(12)16(17)20/h5-6,8-9H,2-4,7,10-11H2,1H3. The molecule has 0 bridgehead atoms. The summed E-state index contributed by atoms with van der Waals surface area (Å²) in [4.78, 5) is 40.4. The fraction of sp³-hybridized carbons (Fsp3) is 0.438. The van der Waals surface area contributed by atoms with E-state index in [9.17, 15) is 14.4 Å². The summed E-state index contributed by atoms with van der Waals surface area (Å²) in [6, 6.07) is 6.64. The summed E-state index contributed by atoms with van der Waals surface area (Å²) in [5.74, 6) is -1.05. The molecule has 1 aliphatic heterocycles. The minimum Gasteiger partial charge on any atom is -0.466 e. The molecule has 2 amide bonds. The van der Waals surface area contributed by atoms with Gasteiger partial charge in [-0.1, -0.05) is 18.6 Å². The first kappa shape index (κ1) is 16.2. The minimum absolute atomic E-state index is 0.205. The predicted octanol–water partition coefficient (Wildman–Crippen LogP) is 2.34. The van der Waals surface area contributed by atoms with Crippen LogP contribution in [0.25, 0.3) is 0 Å². The number of hydrogen-bond acceptors (Lipinski definition) is 5. The van der Waals surface area contributed by atoms with Gasteiger partial charge in [0.1, 0.15) is 0 Å². The largest absolute Gasteiger partial charge is 0.466 e. The fourth-order valence-electron chi connectivity index (χ4n) is 2.22. The van der Waals surface area contributed by atoms with Crippen molar-refractivity contribution in [3.63, 3.8) is 0 Å². The molecular weight excluding hydrogens is 286 g/mol. The third-order valence-electron chi connectivity index (χ3n) is 3.31. The van der Waals surface area contributed by atoms with Crippen molar-refractivity contribution in [2.24, 2.45) is 0 Å². The van der Waals surface area contributed by atoms with E-state index in [4.69, 9.17) is 9.57 Å². The van der Waals surface area contributed by atoms with Gasteiger partial charge in [0.15, 0.2) is 0 Å². The summed E-state index contributed by atoms with van der Waals surface area (Å²) >= 11 is 0. The third kappa shape index (κ3) is 3.71. The number of carbonyl (C=O) groups excluding carboxylic acids is 3. The van der Waals surface area contributed by atoms with Gasteiger partial charge in [-0.25, -0.2) is 0 Å². The van der Waals surface area contributed by atoms with Crippen molar-refractivity contribution in [1.29, 1.82) is 0 Å². The van der Waals surface area contributed by atoms with Gasteiger partial charge < -0.3 is 4.74 Å². The van der Waals surface area contributed by atoms with Crippen LogP contribution in [-0.2, 0) is 14.4 Å². The topological polar surface area (TPSA) is 72.9 Å². The van der Waals surface area contributed by atoms with Crippen LogP contribution in [0.2, 0.25) is 0 Å². The summed E-state index contributed by atoms with van der Waals surface area (Å²) < 4.78 is 4.83. The molecule has 0 aliphatic carbocycles. The van der Waals surface area contributed by atoms with Gasteiger partial charge in [-0.2, -0.15) is 0 Å². The van der Waals surface area contributed by atoms with Gasteiger partial charge in [-0.3, -0.25) is 19.2 Å². The van der Waals surface area contributed by atoms with Gasteiger partial charge >= 0.3 is 5.97 Å². The summed E-state index contributed by atoms with van der Waals surface area (Å²) in [6.07, 6.45) is 2.50. The zero-order valence-corrected chi connectivity index (χ0v) is 12.5. The van der Waals surface area contributed by atoms with E-state index in [0.29, 0.717) is 37.0 Å². The Bertz CT molecular complexity index is 534. The number of esters is 1. The zero-order chi connectivity index (χ0) is 15.9. The van der Waals surface area contributed by atoms with Crippen molar-refractivity contribution in [3.8, 4) is 0 Å². The van der Waals surface area contributed by atoms with Crippen LogP contribution in [0, 0.1) is 0 Å². The fourth-order valence-corrected chi connectivity index (χ4v) is 2.22. The first-order chi connectivity index (χ1) is 10.6. The van der Waals surface area contributed by atoms with E-state index < -0.39 is 11.8 Å². The van der Waals surface area contributed by atoms with Gasteiger partial charge in [0.25, 0.3) is 11.8 Å². The molecular formula is C16H19NO5.